The minimum atomic E-state index is -0.243. The lowest BCUT2D eigenvalue weighted by molar-refractivity contribution is -0.144. The van der Waals surface area contributed by atoms with Gasteiger partial charge in [0.15, 0.2) is 0 Å². The monoisotopic (exact) mass is 153 g/mol. The summed E-state index contributed by atoms with van der Waals surface area (Å²) in [6, 6.07) is 0. The number of ether oxygens (including phenoxy) is 1. The molecule has 9 heavy (non-hydrogen) atoms. The summed E-state index contributed by atoms with van der Waals surface area (Å²) in [5, 5.41) is 0. The van der Waals surface area contributed by atoms with Gasteiger partial charge in [-0.15, -0.1) is 12.4 Å². The Kier molecular flexibility index (Phi) is 7.48. The number of methoxy groups -OCH3 is 1. The van der Waals surface area contributed by atoms with Gasteiger partial charge in [0.05, 0.1) is 13.0 Å². The summed E-state index contributed by atoms with van der Waals surface area (Å²) in [5.74, 6) is -0.410. The summed E-state index contributed by atoms with van der Waals surface area (Å²) in [7, 11) is 1.36. The molecule has 56 valence electrons. The Balaban J connectivity index is 0. The molecule has 4 heteroatoms. The molecule has 0 aromatic rings. The Hall–Kier alpha value is -0.280. The molecule has 0 saturated heterocycles. The summed E-state index contributed by atoms with van der Waals surface area (Å²) in [6.07, 6.45) is 0. The van der Waals surface area contributed by atoms with E-state index in [0.29, 0.717) is 6.54 Å². The topological polar surface area (TPSA) is 52.3 Å². The van der Waals surface area contributed by atoms with Gasteiger partial charge in [-0.2, -0.15) is 0 Å². The average molecular weight is 154 g/mol. The van der Waals surface area contributed by atoms with E-state index in [-0.39, 0.29) is 24.3 Å². The maximum Gasteiger partial charge on any atom is 0.309 e. The molecular formula is C5H12ClNO2. The highest BCUT2D eigenvalue weighted by atomic mass is 35.5. The second kappa shape index (κ2) is 5.85. The van der Waals surface area contributed by atoms with Crippen LogP contribution in [0.5, 0.6) is 0 Å². The number of esters is 1. The molecule has 2 N–H and O–H groups in total. The lowest BCUT2D eigenvalue weighted by atomic mass is 10.2. The number of halogens is 1. The molecule has 0 bridgehead atoms. The van der Waals surface area contributed by atoms with E-state index in [4.69, 9.17) is 5.73 Å². The molecule has 0 aromatic heterocycles. The Morgan fingerprint density at radius 1 is 1.78 bits per heavy atom. The van der Waals surface area contributed by atoms with Gasteiger partial charge in [-0.1, -0.05) is 6.92 Å². The van der Waals surface area contributed by atoms with Crippen LogP contribution in [0.4, 0.5) is 0 Å². The maximum absolute atomic E-state index is 10.4. The molecule has 0 saturated carbocycles. The van der Waals surface area contributed by atoms with E-state index in [0.717, 1.165) is 0 Å². The molecule has 0 rings (SSSR count). The molecule has 0 spiro atoms. The lowest BCUT2D eigenvalue weighted by Crippen LogP contribution is -2.21. The van der Waals surface area contributed by atoms with Crippen molar-refractivity contribution in [1.82, 2.24) is 0 Å². The van der Waals surface area contributed by atoms with Crippen molar-refractivity contribution in [1.29, 1.82) is 0 Å². The van der Waals surface area contributed by atoms with Crippen molar-refractivity contribution < 1.29 is 9.53 Å². The van der Waals surface area contributed by atoms with Crippen molar-refractivity contribution in [2.45, 2.75) is 6.92 Å². The number of hydrogen-bond donors (Lipinski definition) is 1. The molecule has 0 aromatic carbocycles. The minimum absolute atomic E-state index is 0. The highest BCUT2D eigenvalue weighted by Crippen LogP contribution is 1.91. The van der Waals surface area contributed by atoms with Gasteiger partial charge in [-0.05, 0) is 0 Å². The third-order valence-electron chi connectivity index (χ3n) is 0.957. The van der Waals surface area contributed by atoms with Gasteiger partial charge in [0, 0.05) is 6.54 Å². The van der Waals surface area contributed by atoms with Crippen molar-refractivity contribution in [3.8, 4) is 0 Å². The summed E-state index contributed by atoms with van der Waals surface area (Å²) >= 11 is 0. The fraction of sp³-hybridized carbons (Fsp3) is 0.800. The van der Waals surface area contributed by atoms with Crippen LogP contribution in [0.1, 0.15) is 6.92 Å². The fourth-order valence-electron chi connectivity index (χ4n) is 0.297. The van der Waals surface area contributed by atoms with E-state index >= 15 is 0 Å². The molecule has 3 nitrogen and oxygen atoms in total. The van der Waals surface area contributed by atoms with Crippen molar-refractivity contribution in [2.75, 3.05) is 13.7 Å². The number of carbonyl (C=O) groups is 1. The first kappa shape index (κ1) is 11.5. The quantitative estimate of drug-likeness (QED) is 0.576. The minimum Gasteiger partial charge on any atom is -0.469 e. The van der Waals surface area contributed by atoms with Gasteiger partial charge in [-0.3, -0.25) is 4.79 Å². The number of hydrogen-bond acceptors (Lipinski definition) is 3. The zero-order valence-electron chi connectivity index (χ0n) is 5.59. The van der Waals surface area contributed by atoms with E-state index in [1.54, 1.807) is 6.92 Å². The molecule has 0 aliphatic rings. The van der Waals surface area contributed by atoms with Crippen LogP contribution in [-0.4, -0.2) is 19.6 Å². The lowest BCUT2D eigenvalue weighted by Gasteiger charge is -2.02. The van der Waals surface area contributed by atoms with E-state index in [2.05, 4.69) is 4.74 Å². The number of carbonyl (C=O) groups excluding carboxylic acids is 1. The zero-order valence-corrected chi connectivity index (χ0v) is 6.40. The summed E-state index contributed by atoms with van der Waals surface area (Å²) in [4.78, 5) is 10.4. The van der Waals surface area contributed by atoms with Gasteiger partial charge in [-0.25, -0.2) is 0 Å². The van der Waals surface area contributed by atoms with E-state index < -0.39 is 0 Å². The molecule has 0 aliphatic heterocycles. The van der Waals surface area contributed by atoms with Crippen LogP contribution >= 0.6 is 12.4 Å². The fourth-order valence-corrected chi connectivity index (χ4v) is 0.297. The van der Waals surface area contributed by atoms with Gasteiger partial charge in [0.2, 0.25) is 0 Å². The predicted octanol–water partition coefficient (Wildman–Crippen LogP) is 0.176. The number of nitrogens with two attached hydrogens (primary N) is 1. The van der Waals surface area contributed by atoms with Crippen LogP contribution in [0, 0.1) is 5.92 Å². The molecular weight excluding hydrogens is 142 g/mol. The average Bonchev–Trinajstić information content (AvgIpc) is 1.84. The predicted molar refractivity (Wildman–Crippen MR) is 37.5 cm³/mol. The van der Waals surface area contributed by atoms with Gasteiger partial charge in [0.1, 0.15) is 0 Å². The van der Waals surface area contributed by atoms with Crippen molar-refractivity contribution in [3.63, 3.8) is 0 Å². The van der Waals surface area contributed by atoms with E-state index in [1.165, 1.54) is 7.11 Å². The van der Waals surface area contributed by atoms with Crippen LogP contribution in [0.2, 0.25) is 0 Å². The molecule has 0 heterocycles. The Morgan fingerprint density at radius 2 is 2.22 bits per heavy atom. The summed E-state index contributed by atoms with van der Waals surface area (Å²) in [5.41, 5.74) is 5.15. The molecule has 0 amide bonds. The van der Waals surface area contributed by atoms with E-state index in [1.807, 2.05) is 0 Å². The van der Waals surface area contributed by atoms with Crippen molar-refractivity contribution in [2.24, 2.45) is 11.7 Å². The van der Waals surface area contributed by atoms with Crippen LogP contribution in [-0.2, 0) is 9.53 Å². The molecule has 0 fully saturated rings. The third-order valence-corrected chi connectivity index (χ3v) is 0.957. The molecule has 1 atom stereocenters. The van der Waals surface area contributed by atoms with Crippen molar-refractivity contribution in [3.05, 3.63) is 0 Å². The first-order valence-corrected chi connectivity index (χ1v) is 2.50. The first-order valence-electron chi connectivity index (χ1n) is 2.50. The maximum atomic E-state index is 10.4. The normalized spacial score (nSPS) is 11.4. The summed E-state index contributed by atoms with van der Waals surface area (Å²) in [6.45, 7) is 2.08. The standard InChI is InChI=1S/C5H11NO2.ClH/c1-4(3-6)5(7)8-2;/h4H,3,6H2,1-2H3;1H/t4-;/m0./s1. The van der Waals surface area contributed by atoms with Crippen LogP contribution in [0.25, 0.3) is 0 Å². The SMILES string of the molecule is COC(=O)[C@@H](C)CN.Cl. The molecule has 0 aliphatic carbocycles. The van der Waals surface area contributed by atoms with Gasteiger partial charge >= 0.3 is 5.97 Å². The van der Waals surface area contributed by atoms with Gasteiger partial charge in [0.25, 0.3) is 0 Å². The Morgan fingerprint density at radius 3 is 2.33 bits per heavy atom. The third kappa shape index (κ3) is 4.24. The molecule has 0 radical (unpaired) electrons. The largest absolute Gasteiger partial charge is 0.469 e. The van der Waals surface area contributed by atoms with E-state index in [9.17, 15) is 4.79 Å². The van der Waals surface area contributed by atoms with Crippen LogP contribution < -0.4 is 5.73 Å². The van der Waals surface area contributed by atoms with Crippen molar-refractivity contribution >= 4 is 18.4 Å². The smallest absolute Gasteiger partial charge is 0.309 e. The Labute approximate surface area is 61.0 Å². The second-order valence-corrected chi connectivity index (χ2v) is 1.66. The highest BCUT2D eigenvalue weighted by molar-refractivity contribution is 5.85. The number of rotatable bonds is 2. The second-order valence-electron chi connectivity index (χ2n) is 1.66. The first-order chi connectivity index (χ1) is 3.72. The molecule has 0 unspecified atom stereocenters. The van der Waals surface area contributed by atoms with Crippen LogP contribution in [0.3, 0.4) is 0 Å². The van der Waals surface area contributed by atoms with Gasteiger partial charge < -0.3 is 10.5 Å². The van der Waals surface area contributed by atoms with Crippen LogP contribution in [0.15, 0.2) is 0 Å². The Bertz CT molecular complexity index is 87.0. The zero-order chi connectivity index (χ0) is 6.57. The summed E-state index contributed by atoms with van der Waals surface area (Å²) < 4.78 is 4.38. The highest BCUT2D eigenvalue weighted by Gasteiger charge is 2.08.